The van der Waals surface area contributed by atoms with Gasteiger partial charge in [0.25, 0.3) is 0 Å². The first-order valence-electron chi connectivity index (χ1n) is 4.68. The molecule has 0 spiro atoms. The van der Waals surface area contributed by atoms with E-state index in [1.165, 1.54) is 16.3 Å². The van der Waals surface area contributed by atoms with Gasteiger partial charge in [0, 0.05) is 18.7 Å². The first kappa shape index (κ1) is 13.0. The standard InChI is InChI=1S/C11H13ClN2.HI/c1-13-10(8-11(12)14(13)2)9-6-4-3-5-7-9;/h3-8,11H,1-2H3;1H. The number of benzene rings is 1. The van der Waals surface area contributed by atoms with Crippen LogP contribution >= 0.6 is 11.6 Å². The number of halogens is 2. The topological polar surface area (TPSA) is 7.68 Å². The number of hydrogen-bond donors (Lipinski definition) is 1. The molecule has 0 bridgehead atoms. The average Bonchev–Trinajstić information content (AvgIpc) is 2.47. The summed E-state index contributed by atoms with van der Waals surface area (Å²) in [4.78, 5) is 0. The lowest BCUT2D eigenvalue weighted by Gasteiger charge is -2.19. The summed E-state index contributed by atoms with van der Waals surface area (Å²) in [5.74, 6) is 0. The second-order valence-corrected chi connectivity index (χ2v) is 3.96. The minimum Gasteiger partial charge on any atom is -1.00 e. The van der Waals surface area contributed by atoms with E-state index in [1.807, 2.05) is 25.2 Å². The van der Waals surface area contributed by atoms with Gasteiger partial charge in [0.05, 0.1) is 7.05 Å². The highest BCUT2D eigenvalue weighted by molar-refractivity contribution is 6.21. The first-order chi connectivity index (χ1) is 6.70. The zero-order valence-corrected chi connectivity index (χ0v) is 11.7. The number of nitrogens with one attached hydrogen (secondary N) is 1. The van der Waals surface area contributed by atoms with Gasteiger partial charge in [0.1, 0.15) is 0 Å². The number of quaternary nitrogens is 1. The lowest BCUT2D eigenvalue weighted by Crippen LogP contribution is -3.11. The molecule has 1 aliphatic rings. The molecule has 0 saturated carbocycles. The molecule has 0 amide bonds. The predicted octanol–water partition coefficient (Wildman–Crippen LogP) is -2.03. The maximum Gasteiger partial charge on any atom is 0.156 e. The molecular formula is C11H14ClIN2. The summed E-state index contributed by atoms with van der Waals surface area (Å²) in [6.45, 7) is 0. The highest BCUT2D eigenvalue weighted by Gasteiger charge is 2.30. The predicted molar refractivity (Wildman–Crippen MR) is 58.7 cm³/mol. The Hall–Kier alpha value is -0.100. The summed E-state index contributed by atoms with van der Waals surface area (Å²) in [6, 6.07) is 10.3. The van der Waals surface area contributed by atoms with Crippen molar-refractivity contribution in [2.75, 3.05) is 14.1 Å². The van der Waals surface area contributed by atoms with Crippen molar-refractivity contribution in [3.63, 3.8) is 0 Å². The van der Waals surface area contributed by atoms with Crippen molar-refractivity contribution >= 4 is 17.3 Å². The van der Waals surface area contributed by atoms with Crippen LogP contribution in [0.5, 0.6) is 0 Å². The van der Waals surface area contributed by atoms with Crippen LogP contribution in [0.1, 0.15) is 5.56 Å². The van der Waals surface area contributed by atoms with Crippen LogP contribution in [-0.2, 0) is 0 Å². The second-order valence-electron chi connectivity index (χ2n) is 3.52. The fourth-order valence-electron chi connectivity index (χ4n) is 1.67. The highest BCUT2D eigenvalue weighted by Crippen LogP contribution is 2.16. The monoisotopic (exact) mass is 336 g/mol. The van der Waals surface area contributed by atoms with Gasteiger partial charge in [-0.2, -0.15) is 0 Å². The molecule has 0 aromatic heterocycles. The fraction of sp³-hybridized carbons (Fsp3) is 0.273. The molecule has 2 nitrogen and oxygen atoms in total. The molecule has 0 radical (unpaired) electrons. The highest BCUT2D eigenvalue weighted by atomic mass is 127. The third kappa shape index (κ3) is 2.53. The van der Waals surface area contributed by atoms with Crippen LogP contribution in [-0.4, -0.2) is 24.6 Å². The number of likely N-dealkylation sites (N-methyl/N-ethyl adjacent to an activating group) is 1. The SMILES string of the molecule is CN1C(Cl)C=C(c2ccccc2)[NH+]1C.[I-]. The summed E-state index contributed by atoms with van der Waals surface area (Å²) in [6.07, 6.45) is 2.09. The van der Waals surface area contributed by atoms with Crippen molar-refractivity contribution in [2.45, 2.75) is 5.50 Å². The Morgan fingerprint density at radius 1 is 1.27 bits per heavy atom. The average molecular weight is 337 g/mol. The molecule has 4 heteroatoms. The molecular weight excluding hydrogens is 322 g/mol. The van der Waals surface area contributed by atoms with Crippen molar-refractivity contribution < 1.29 is 29.0 Å². The molecule has 1 heterocycles. The molecule has 1 N–H and O–H groups in total. The van der Waals surface area contributed by atoms with Crippen LogP contribution in [0.2, 0.25) is 0 Å². The summed E-state index contributed by atoms with van der Waals surface area (Å²) >= 11 is 6.13. The van der Waals surface area contributed by atoms with E-state index < -0.39 is 0 Å². The summed E-state index contributed by atoms with van der Waals surface area (Å²) in [7, 11) is 4.11. The van der Waals surface area contributed by atoms with E-state index >= 15 is 0 Å². The lowest BCUT2D eigenvalue weighted by atomic mass is 10.1. The number of hydrogen-bond acceptors (Lipinski definition) is 1. The van der Waals surface area contributed by atoms with E-state index in [1.54, 1.807) is 0 Å². The molecule has 1 aromatic rings. The zero-order chi connectivity index (χ0) is 10.1. The van der Waals surface area contributed by atoms with Gasteiger partial charge >= 0.3 is 0 Å². The molecule has 1 aromatic carbocycles. The minimum atomic E-state index is -0.00907. The van der Waals surface area contributed by atoms with Gasteiger partial charge in [0.15, 0.2) is 11.2 Å². The van der Waals surface area contributed by atoms with E-state index in [4.69, 9.17) is 11.6 Å². The van der Waals surface area contributed by atoms with Crippen LogP contribution in [0, 0.1) is 0 Å². The maximum atomic E-state index is 6.13. The number of rotatable bonds is 1. The lowest BCUT2D eigenvalue weighted by molar-refractivity contribution is -0.925. The third-order valence-corrected chi connectivity index (χ3v) is 3.10. The maximum absolute atomic E-state index is 6.13. The van der Waals surface area contributed by atoms with Crippen molar-refractivity contribution in [1.29, 1.82) is 0 Å². The Morgan fingerprint density at radius 3 is 2.33 bits per heavy atom. The Bertz CT molecular complexity index is 353. The fourth-order valence-corrected chi connectivity index (χ4v) is 1.94. The normalized spacial score (nSPS) is 25.9. The summed E-state index contributed by atoms with van der Waals surface area (Å²) in [5.41, 5.74) is 2.47. The van der Waals surface area contributed by atoms with Gasteiger partial charge in [-0.25, -0.2) is 5.01 Å². The number of alkyl halides is 1. The van der Waals surface area contributed by atoms with Crippen molar-refractivity contribution in [2.24, 2.45) is 0 Å². The summed E-state index contributed by atoms with van der Waals surface area (Å²) in [5, 5.41) is 3.31. The molecule has 82 valence electrons. The van der Waals surface area contributed by atoms with Gasteiger partial charge in [-0.05, 0) is 12.1 Å². The Morgan fingerprint density at radius 2 is 1.87 bits per heavy atom. The zero-order valence-electron chi connectivity index (χ0n) is 8.74. The molecule has 2 atom stereocenters. The van der Waals surface area contributed by atoms with E-state index in [-0.39, 0.29) is 29.5 Å². The smallest absolute Gasteiger partial charge is 0.156 e. The second kappa shape index (κ2) is 5.30. The van der Waals surface area contributed by atoms with Crippen molar-refractivity contribution in [1.82, 2.24) is 5.01 Å². The molecule has 2 rings (SSSR count). The van der Waals surface area contributed by atoms with Crippen LogP contribution in [0.25, 0.3) is 5.70 Å². The quantitative estimate of drug-likeness (QED) is 0.353. The Kier molecular flexibility index (Phi) is 4.58. The van der Waals surface area contributed by atoms with E-state index in [0.717, 1.165) is 0 Å². The van der Waals surface area contributed by atoms with Gasteiger partial charge in [-0.1, -0.05) is 29.8 Å². The summed E-state index contributed by atoms with van der Waals surface area (Å²) < 4.78 is 0. The molecule has 0 saturated heterocycles. The molecule has 1 aliphatic heterocycles. The van der Waals surface area contributed by atoms with E-state index in [2.05, 4.69) is 30.3 Å². The third-order valence-electron chi connectivity index (χ3n) is 2.68. The van der Waals surface area contributed by atoms with Crippen LogP contribution in [0.4, 0.5) is 0 Å². The Balaban J connectivity index is 0.00000112. The largest absolute Gasteiger partial charge is 1.00 e. The molecule has 0 fully saturated rings. The van der Waals surface area contributed by atoms with Gasteiger partial charge in [-0.15, -0.1) is 5.01 Å². The van der Waals surface area contributed by atoms with Crippen LogP contribution < -0.4 is 29.0 Å². The first-order valence-corrected chi connectivity index (χ1v) is 5.12. The molecule has 0 aliphatic carbocycles. The van der Waals surface area contributed by atoms with Crippen molar-refractivity contribution in [3.8, 4) is 0 Å². The molecule has 15 heavy (non-hydrogen) atoms. The van der Waals surface area contributed by atoms with Gasteiger partial charge in [0.2, 0.25) is 0 Å². The van der Waals surface area contributed by atoms with Gasteiger partial charge < -0.3 is 24.0 Å². The van der Waals surface area contributed by atoms with Crippen molar-refractivity contribution in [3.05, 3.63) is 42.0 Å². The van der Waals surface area contributed by atoms with Gasteiger partial charge in [-0.3, -0.25) is 0 Å². The molecule has 2 unspecified atom stereocenters. The van der Waals surface area contributed by atoms with Crippen LogP contribution in [0.3, 0.4) is 0 Å². The van der Waals surface area contributed by atoms with E-state index in [9.17, 15) is 0 Å². The minimum absolute atomic E-state index is 0. The Labute approximate surface area is 112 Å². The van der Waals surface area contributed by atoms with E-state index in [0.29, 0.717) is 0 Å². The van der Waals surface area contributed by atoms with Crippen LogP contribution in [0.15, 0.2) is 36.4 Å². The number of nitrogens with zero attached hydrogens (tertiary/aromatic N) is 1.